The summed E-state index contributed by atoms with van der Waals surface area (Å²) in [6, 6.07) is 10.2. The molecule has 0 aliphatic heterocycles. The Bertz CT molecular complexity index is 409. The average molecular weight is 218 g/mol. The number of rotatable bonds is 4. The summed E-state index contributed by atoms with van der Waals surface area (Å²) in [5.74, 6) is 0. The molecular weight excluding hydrogens is 204 g/mol. The fraction of sp³-hybridized carbons (Fsp3) is 0.250. The van der Waals surface area contributed by atoms with Gasteiger partial charge in [-0.2, -0.15) is 0 Å². The summed E-state index contributed by atoms with van der Waals surface area (Å²) < 4.78 is 0. The van der Waals surface area contributed by atoms with Crippen LogP contribution in [0.5, 0.6) is 0 Å². The van der Waals surface area contributed by atoms with Crippen LogP contribution in [0.3, 0.4) is 0 Å². The standard InChI is InChI=1S/C12H14N2S/c1-2-12-14-11(9-15-12)8-13-10-6-4-3-5-7-10/h3-7,9,13H,2,8H2,1H3. The number of anilines is 1. The van der Waals surface area contributed by atoms with Gasteiger partial charge in [0.15, 0.2) is 0 Å². The molecule has 0 saturated carbocycles. The number of benzene rings is 1. The van der Waals surface area contributed by atoms with Gasteiger partial charge in [0.25, 0.3) is 0 Å². The Morgan fingerprint density at radius 2 is 2.07 bits per heavy atom. The van der Waals surface area contributed by atoms with Gasteiger partial charge in [0.05, 0.1) is 17.2 Å². The van der Waals surface area contributed by atoms with Crippen molar-refractivity contribution in [1.82, 2.24) is 4.98 Å². The molecule has 0 amide bonds. The van der Waals surface area contributed by atoms with Crippen molar-refractivity contribution >= 4 is 17.0 Å². The first-order chi connectivity index (χ1) is 7.38. The summed E-state index contributed by atoms with van der Waals surface area (Å²) in [6.45, 7) is 2.94. The van der Waals surface area contributed by atoms with Gasteiger partial charge >= 0.3 is 0 Å². The summed E-state index contributed by atoms with van der Waals surface area (Å²) in [6.07, 6.45) is 1.02. The van der Waals surface area contributed by atoms with Crippen LogP contribution in [0.2, 0.25) is 0 Å². The lowest BCUT2D eigenvalue weighted by molar-refractivity contribution is 1.01. The van der Waals surface area contributed by atoms with Gasteiger partial charge in [-0.25, -0.2) is 4.98 Å². The van der Waals surface area contributed by atoms with Crippen molar-refractivity contribution in [3.8, 4) is 0 Å². The summed E-state index contributed by atoms with van der Waals surface area (Å²) in [5, 5.41) is 6.67. The number of aromatic nitrogens is 1. The van der Waals surface area contributed by atoms with Crippen LogP contribution in [0.15, 0.2) is 35.7 Å². The van der Waals surface area contributed by atoms with Gasteiger partial charge in [-0.15, -0.1) is 11.3 Å². The molecule has 1 N–H and O–H groups in total. The van der Waals surface area contributed by atoms with Gasteiger partial charge in [0.1, 0.15) is 0 Å². The van der Waals surface area contributed by atoms with Crippen molar-refractivity contribution in [3.05, 3.63) is 46.4 Å². The zero-order valence-electron chi connectivity index (χ0n) is 8.73. The van der Waals surface area contributed by atoms with Crippen LogP contribution in [0, 0.1) is 0 Å². The Hall–Kier alpha value is -1.35. The molecule has 1 aromatic heterocycles. The zero-order chi connectivity index (χ0) is 10.5. The molecule has 2 nitrogen and oxygen atoms in total. The van der Waals surface area contributed by atoms with Gasteiger partial charge in [0.2, 0.25) is 0 Å². The summed E-state index contributed by atoms with van der Waals surface area (Å²) in [5.41, 5.74) is 2.27. The van der Waals surface area contributed by atoms with E-state index < -0.39 is 0 Å². The normalized spacial score (nSPS) is 10.2. The topological polar surface area (TPSA) is 24.9 Å². The van der Waals surface area contributed by atoms with Gasteiger partial charge in [-0.05, 0) is 18.6 Å². The number of hydrogen-bond acceptors (Lipinski definition) is 3. The van der Waals surface area contributed by atoms with Crippen LogP contribution < -0.4 is 5.32 Å². The highest BCUT2D eigenvalue weighted by atomic mass is 32.1. The number of nitrogens with zero attached hydrogens (tertiary/aromatic N) is 1. The molecule has 0 saturated heterocycles. The molecule has 0 bridgehead atoms. The van der Waals surface area contributed by atoms with Crippen molar-refractivity contribution in [1.29, 1.82) is 0 Å². The van der Waals surface area contributed by atoms with Gasteiger partial charge in [-0.3, -0.25) is 0 Å². The minimum Gasteiger partial charge on any atom is -0.379 e. The van der Waals surface area contributed by atoms with Crippen molar-refractivity contribution in [2.24, 2.45) is 0 Å². The molecule has 0 aliphatic rings. The number of nitrogens with one attached hydrogen (secondary N) is 1. The SMILES string of the molecule is CCc1nc(CNc2ccccc2)cs1. The first kappa shape index (κ1) is 10.2. The lowest BCUT2D eigenvalue weighted by Gasteiger charge is -2.02. The molecule has 1 heterocycles. The predicted octanol–water partition coefficient (Wildman–Crippen LogP) is 3.32. The smallest absolute Gasteiger partial charge is 0.0926 e. The molecule has 0 unspecified atom stereocenters. The van der Waals surface area contributed by atoms with E-state index in [9.17, 15) is 0 Å². The van der Waals surface area contributed by atoms with Crippen LogP contribution in [0.4, 0.5) is 5.69 Å². The minimum absolute atomic E-state index is 0.806. The highest BCUT2D eigenvalue weighted by Crippen LogP contribution is 2.12. The minimum atomic E-state index is 0.806. The van der Waals surface area contributed by atoms with Crippen LogP contribution in [0.25, 0.3) is 0 Å². The third-order valence-electron chi connectivity index (χ3n) is 2.15. The Labute approximate surface area is 94.0 Å². The van der Waals surface area contributed by atoms with Crippen LogP contribution in [-0.4, -0.2) is 4.98 Å². The Kier molecular flexibility index (Phi) is 3.35. The molecule has 2 rings (SSSR count). The van der Waals surface area contributed by atoms with E-state index in [1.54, 1.807) is 11.3 Å². The molecule has 3 heteroatoms. The van der Waals surface area contributed by atoms with E-state index in [-0.39, 0.29) is 0 Å². The van der Waals surface area contributed by atoms with Gasteiger partial charge < -0.3 is 5.32 Å². The Morgan fingerprint density at radius 1 is 1.27 bits per heavy atom. The van der Waals surface area contributed by atoms with Crippen molar-refractivity contribution < 1.29 is 0 Å². The van der Waals surface area contributed by atoms with Crippen molar-refractivity contribution in [3.63, 3.8) is 0 Å². The van der Waals surface area contributed by atoms with E-state index in [2.05, 4.69) is 34.7 Å². The maximum Gasteiger partial charge on any atom is 0.0926 e. The zero-order valence-corrected chi connectivity index (χ0v) is 9.55. The van der Waals surface area contributed by atoms with E-state index >= 15 is 0 Å². The number of hydrogen-bond donors (Lipinski definition) is 1. The Morgan fingerprint density at radius 3 is 2.73 bits per heavy atom. The molecule has 15 heavy (non-hydrogen) atoms. The lowest BCUT2D eigenvalue weighted by atomic mass is 10.3. The van der Waals surface area contributed by atoms with Crippen molar-refractivity contribution in [2.75, 3.05) is 5.32 Å². The Balaban J connectivity index is 1.93. The molecule has 78 valence electrons. The monoisotopic (exact) mass is 218 g/mol. The van der Waals surface area contributed by atoms with E-state index in [1.165, 1.54) is 5.01 Å². The first-order valence-corrected chi connectivity index (χ1v) is 5.98. The molecule has 0 spiro atoms. The summed E-state index contributed by atoms with van der Waals surface area (Å²) in [7, 11) is 0. The van der Waals surface area contributed by atoms with Gasteiger partial charge in [0, 0.05) is 11.1 Å². The second kappa shape index (κ2) is 4.94. The molecule has 0 aliphatic carbocycles. The second-order valence-corrected chi connectivity index (χ2v) is 4.25. The maximum absolute atomic E-state index is 4.50. The number of thiazole rings is 1. The molecule has 0 atom stereocenters. The highest BCUT2D eigenvalue weighted by molar-refractivity contribution is 7.09. The third kappa shape index (κ3) is 2.80. The fourth-order valence-electron chi connectivity index (χ4n) is 1.34. The number of para-hydroxylation sites is 1. The predicted molar refractivity (Wildman–Crippen MR) is 65.3 cm³/mol. The van der Waals surface area contributed by atoms with Crippen LogP contribution in [-0.2, 0) is 13.0 Å². The summed E-state index contributed by atoms with van der Waals surface area (Å²) >= 11 is 1.73. The van der Waals surface area contributed by atoms with Crippen LogP contribution in [0.1, 0.15) is 17.6 Å². The van der Waals surface area contributed by atoms with Gasteiger partial charge in [-0.1, -0.05) is 25.1 Å². The quantitative estimate of drug-likeness (QED) is 0.851. The molecule has 0 radical (unpaired) electrons. The molecule has 1 aromatic carbocycles. The molecular formula is C12H14N2S. The third-order valence-corrected chi connectivity index (χ3v) is 3.19. The van der Waals surface area contributed by atoms with Crippen LogP contribution >= 0.6 is 11.3 Å². The number of aryl methyl sites for hydroxylation is 1. The van der Waals surface area contributed by atoms with E-state index in [0.717, 1.165) is 24.3 Å². The average Bonchev–Trinajstić information content (AvgIpc) is 2.76. The van der Waals surface area contributed by atoms with E-state index in [4.69, 9.17) is 0 Å². The largest absolute Gasteiger partial charge is 0.379 e. The first-order valence-electron chi connectivity index (χ1n) is 5.10. The molecule has 2 aromatic rings. The lowest BCUT2D eigenvalue weighted by Crippen LogP contribution is -1.99. The highest BCUT2D eigenvalue weighted by Gasteiger charge is 1.99. The van der Waals surface area contributed by atoms with E-state index in [0.29, 0.717) is 0 Å². The second-order valence-electron chi connectivity index (χ2n) is 3.31. The maximum atomic E-state index is 4.50. The van der Waals surface area contributed by atoms with Crippen molar-refractivity contribution in [2.45, 2.75) is 19.9 Å². The fourth-order valence-corrected chi connectivity index (χ4v) is 2.09. The summed E-state index contributed by atoms with van der Waals surface area (Å²) in [4.78, 5) is 4.50. The van der Waals surface area contributed by atoms with E-state index in [1.807, 2.05) is 18.2 Å². The molecule has 0 fully saturated rings.